The van der Waals surface area contributed by atoms with E-state index in [1.807, 2.05) is 6.92 Å². The molecule has 3 heteroatoms. The second-order valence-electron chi connectivity index (χ2n) is 3.42. The maximum Gasteiger partial charge on any atom is 0.141 e. The predicted molar refractivity (Wildman–Crippen MR) is 41.9 cm³/mol. The van der Waals surface area contributed by atoms with Crippen molar-refractivity contribution < 1.29 is 9.50 Å². The van der Waals surface area contributed by atoms with Gasteiger partial charge in [0.25, 0.3) is 0 Å². The summed E-state index contributed by atoms with van der Waals surface area (Å²) in [4.78, 5) is 3.69. The van der Waals surface area contributed by atoms with Crippen molar-refractivity contribution >= 4 is 0 Å². The average molecular weight is 167 g/mol. The number of hydrogen-bond donors (Lipinski definition) is 1. The van der Waals surface area contributed by atoms with Crippen molar-refractivity contribution in [3.8, 4) is 0 Å². The Morgan fingerprint density at radius 3 is 2.83 bits per heavy atom. The zero-order chi connectivity index (χ0) is 8.77. The summed E-state index contributed by atoms with van der Waals surface area (Å²) in [6, 6.07) is 1.34. The largest absolute Gasteiger partial charge is 0.385 e. The lowest BCUT2D eigenvalue weighted by Gasteiger charge is -2.07. The zero-order valence-corrected chi connectivity index (χ0v) is 6.79. The molecular formula is C9H10FNO. The smallest absolute Gasteiger partial charge is 0.141 e. The first-order valence-electron chi connectivity index (χ1n) is 3.96. The quantitative estimate of drug-likeness (QED) is 0.686. The third kappa shape index (κ3) is 1.01. The fourth-order valence-electron chi connectivity index (χ4n) is 1.46. The molecule has 64 valence electrons. The predicted octanol–water partition coefficient (Wildman–Crippen LogP) is 1.45. The molecular weight excluding hydrogens is 157 g/mol. The summed E-state index contributed by atoms with van der Waals surface area (Å²) < 4.78 is 12.7. The third-order valence-electron chi connectivity index (χ3n) is 2.48. The Morgan fingerprint density at radius 2 is 2.33 bits per heavy atom. The molecule has 1 saturated carbocycles. The van der Waals surface area contributed by atoms with Gasteiger partial charge in [0.05, 0.1) is 11.8 Å². The van der Waals surface area contributed by atoms with Crippen molar-refractivity contribution in [1.82, 2.24) is 4.98 Å². The molecule has 0 bridgehead atoms. The van der Waals surface area contributed by atoms with E-state index in [9.17, 15) is 9.50 Å². The molecule has 0 aromatic carbocycles. The molecule has 1 aliphatic rings. The van der Waals surface area contributed by atoms with Crippen molar-refractivity contribution in [2.24, 2.45) is 5.92 Å². The van der Waals surface area contributed by atoms with E-state index < -0.39 is 5.60 Å². The van der Waals surface area contributed by atoms with Gasteiger partial charge in [0, 0.05) is 11.8 Å². The Hall–Kier alpha value is -0.960. The monoisotopic (exact) mass is 167 g/mol. The van der Waals surface area contributed by atoms with E-state index in [4.69, 9.17) is 0 Å². The molecule has 0 aliphatic heterocycles. The maximum atomic E-state index is 12.7. The summed E-state index contributed by atoms with van der Waals surface area (Å²) >= 11 is 0. The van der Waals surface area contributed by atoms with Gasteiger partial charge in [-0.15, -0.1) is 0 Å². The highest BCUT2D eigenvalue weighted by atomic mass is 19.1. The zero-order valence-electron chi connectivity index (χ0n) is 6.79. The molecule has 1 N–H and O–H groups in total. The van der Waals surface area contributed by atoms with E-state index in [1.54, 1.807) is 0 Å². The molecule has 0 saturated heterocycles. The molecule has 1 fully saturated rings. The number of aromatic nitrogens is 1. The van der Waals surface area contributed by atoms with Gasteiger partial charge in [-0.1, -0.05) is 6.92 Å². The number of pyridine rings is 1. The van der Waals surface area contributed by atoms with Crippen molar-refractivity contribution in [3.05, 3.63) is 29.8 Å². The Labute approximate surface area is 70.1 Å². The summed E-state index contributed by atoms with van der Waals surface area (Å²) in [6.45, 7) is 1.94. The molecule has 1 aromatic heterocycles. The maximum absolute atomic E-state index is 12.7. The van der Waals surface area contributed by atoms with Crippen LogP contribution in [0.5, 0.6) is 0 Å². The number of hydrogen-bond acceptors (Lipinski definition) is 2. The average Bonchev–Trinajstić information content (AvgIpc) is 2.61. The van der Waals surface area contributed by atoms with Crippen LogP contribution in [0.3, 0.4) is 0 Å². The number of nitrogens with zero attached hydrogens (tertiary/aromatic N) is 1. The third-order valence-corrected chi connectivity index (χ3v) is 2.48. The highest BCUT2D eigenvalue weighted by molar-refractivity contribution is 5.26. The summed E-state index contributed by atoms with van der Waals surface area (Å²) in [5, 5.41) is 9.79. The first kappa shape index (κ1) is 7.68. The van der Waals surface area contributed by atoms with Crippen LogP contribution in [-0.4, -0.2) is 10.1 Å². The van der Waals surface area contributed by atoms with Gasteiger partial charge in [0.15, 0.2) is 0 Å². The van der Waals surface area contributed by atoms with E-state index in [0.29, 0.717) is 12.0 Å². The van der Waals surface area contributed by atoms with Crippen molar-refractivity contribution in [1.29, 1.82) is 0 Å². The van der Waals surface area contributed by atoms with Gasteiger partial charge >= 0.3 is 0 Å². The van der Waals surface area contributed by atoms with E-state index >= 15 is 0 Å². The Morgan fingerprint density at radius 1 is 1.67 bits per heavy atom. The van der Waals surface area contributed by atoms with Crippen LogP contribution in [0.25, 0.3) is 0 Å². The fraction of sp³-hybridized carbons (Fsp3) is 0.444. The van der Waals surface area contributed by atoms with E-state index in [0.717, 1.165) is 6.20 Å². The summed E-state index contributed by atoms with van der Waals surface area (Å²) in [7, 11) is 0. The Bertz CT molecular complexity index is 315. The van der Waals surface area contributed by atoms with E-state index in [-0.39, 0.29) is 11.7 Å². The van der Waals surface area contributed by atoms with Crippen molar-refractivity contribution in [2.75, 3.05) is 0 Å². The highest BCUT2D eigenvalue weighted by Crippen LogP contribution is 2.51. The minimum atomic E-state index is -0.810. The van der Waals surface area contributed by atoms with Gasteiger partial charge in [-0.3, -0.25) is 4.98 Å². The summed E-state index contributed by atoms with van der Waals surface area (Å²) in [6.07, 6.45) is 3.37. The SMILES string of the molecule is CC1CC1(O)c1cncc(F)c1. The van der Waals surface area contributed by atoms with Gasteiger partial charge in [0.2, 0.25) is 0 Å². The first-order chi connectivity index (χ1) is 5.63. The Kier molecular flexibility index (Phi) is 1.45. The van der Waals surface area contributed by atoms with Crippen LogP contribution in [0.2, 0.25) is 0 Å². The molecule has 0 amide bonds. The standard InChI is InChI=1S/C9H10FNO/c1-6-3-9(6,12)7-2-8(10)5-11-4-7/h2,4-6,12H,3H2,1H3. The van der Waals surface area contributed by atoms with E-state index in [2.05, 4.69) is 4.98 Å². The van der Waals surface area contributed by atoms with Crippen molar-refractivity contribution in [2.45, 2.75) is 18.9 Å². The van der Waals surface area contributed by atoms with Gasteiger partial charge in [0.1, 0.15) is 5.82 Å². The molecule has 0 radical (unpaired) electrons. The van der Waals surface area contributed by atoms with Crippen LogP contribution in [0, 0.1) is 11.7 Å². The molecule has 1 heterocycles. The summed E-state index contributed by atoms with van der Waals surface area (Å²) in [5.74, 6) is -0.166. The minimum Gasteiger partial charge on any atom is -0.385 e. The molecule has 2 atom stereocenters. The second kappa shape index (κ2) is 2.26. The lowest BCUT2D eigenvalue weighted by molar-refractivity contribution is 0.134. The van der Waals surface area contributed by atoms with Crippen LogP contribution in [0.4, 0.5) is 4.39 Å². The van der Waals surface area contributed by atoms with Gasteiger partial charge < -0.3 is 5.11 Å². The van der Waals surface area contributed by atoms with Crippen LogP contribution in [0.1, 0.15) is 18.9 Å². The van der Waals surface area contributed by atoms with Crippen LogP contribution >= 0.6 is 0 Å². The molecule has 2 rings (SSSR count). The lowest BCUT2D eigenvalue weighted by Crippen LogP contribution is -2.08. The summed E-state index contributed by atoms with van der Waals surface area (Å²) in [5.41, 5.74) is -0.218. The number of halogens is 1. The molecule has 12 heavy (non-hydrogen) atoms. The van der Waals surface area contributed by atoms with Crippen molar-refractivity contribution in [3.63, 3.8) is 0 Å². The first-order valence-corrected chi connectivity index (χ1v) is 3.96. The topological polar surface area (TPSA) is 33.1 Å². The van der Waals surface area contributed by atoms with Crippen LogP contribution in [0.15, 0.2) is 18.5 Å². The lowest BCUT2D eigenvalue weighted by atomic mass is 10.1. The highest BCUT2D eigenvalue weighted by Gasteiger charge is 2.51. The van der Waals surface area contributed by atoms with Gasteiger partial charge in [-0.05, 0) is 18.4 Å². The molecule has 2 unspecified atom stereocenters. The normalized spacial score (nSPS) is 33.4. The van der Waals surface area contributed by atoms with Crippen LogP contribution < -0.4 is 0 Å². The molecule has 1 aliphatic carbocycles. The minimum absolute atomic E-state index is 0.223. The fourth-order valence-corrected chi connectivity index (χ4v) is 1.46. The number of aliphatic hydroxyl groups is 1. The van der Waals surface area contributed by atoms with Gasteiger partial charge in [-0.2, -0.15) is 0 Å². The van der Waals surface area contributed by atoms with Crippen LogP contribution in [-0.2, 0) is 5.60 Å². The second-order valence-corrected chi connectivity index (χ2v) is 3.42. The number of rotatable bonds is 1. The molecule has 0 spiro atoms. The molecule has 1 aromatic rings. The van der Waals surface area contributed by atoms with E-state index in [1.165, 1.54) is 12.3 Å². The molecule has 2 nitrogen and oxygen atoms in total. The van der Waals surface area contributed by atoms with Gasteiger partial charge in [-0.25, -0.2) is 4.39 Å². The Balaban J connectivity index is 2.36.